The van der Waals surface area contributed by atoms with Gasteiger partial charge in [0.05, 0.1) is 6.54 Å². The number of nitrogens with zero attached hydrogens (tertiary/aromatic N) is 3. The molecule has 1 saturated carbocycles. The van der Waals surface area contributed by atoms with Crippen LogP contribution in [0.1, 0.15) is 60.0 Å². The molecule has 2 heterocycles. The lowest BCUT2D eigenvalue weighted by Gasteiger charge is -2.16. The highest BCUT2D eigenvalue weighted by Crippen LogP contribution is 2.27. The Morgan fingerprint density at radius 2 is 1.80 bits per heavy atom. The molecule has 5 nitrogen and oxygen atoms in total. The van der Waals surface area contributed by atoms with Gasteiger partial charge in [-0.05, 0) is 60.4 Å². The van der Waals surface area contributed by atoms with Crippen LogP contribution in [0, 0.1) is 5.82 Å². The van der Waals surface area contributed by atoms with Crippen LogP contribution in [-0.4, -0.2) is 26.5 Å². The summed E-state index contributed by atoms with van der Waals surface area (Å²) in [6, 6.07) is 18.5. The number of amides is 1. The third kappa shape index (κ3) is 5.90. The van der Waals surface area contributed by atoms with Gasteiger partial charge in [-0.3, -0.25) is 9.36 Å². The summed E-state index contributed by atoms with van der Waals surface area (Å²) in [5.41, 5.74) is 4.30. The first-order valence-corrected chi connectivity index (χ1v) is 13.2. The maximum Gasteiger partial charge on any atom is 0.251 e. The van der Waals surface area contributed by atoms with Crippen LogP contribution in [0.3, 0.4) is 0 Å². The monoisotopic (exact) mass is 488 g/mol. The van der Waals surface area contributed by atoms with Crippen LogP contribution in [0.25, 0.3) is 11.2 Å². The van der Waals surface area contributed by atoms with E-state index in [0.717, 1.165) is 40.3 Å². The lowest BCUT2D eigenvalue weighted by atomic mass is 10.1. The van der Waals surface area contributed by atoms with E-state index in [4.69, 9.17) is 4.98 Å². The standard InChI is InChI=1S/C28H29FN4OS/c29-23-8-5-7-21(17-23)19-35-28-32-25-11-6-16-30-26(25)33(28)18-20-12-14-22(15-13-20)27(34)31-24-9-3-1-2-4-10-24/h5-8,11-17,24H,1-4,9-10,18-19H2,(H,31,34). The van der Waals surface area contributed by atoms with Gasteiger partial charge in [0.1, 0.15) is 11.3 Å². The lowest BCUT2D eigenvalue weighted by molar-refractivity contribution is 0.0933. The molecule has 0 radical (unpaired) electrons. The molecule has 0 aliphatic heterocycles. The molecule has 1 fully saturated rings. The minimum absolute atomic E-state index is 0.00420. The molecule has 1 N–H and O–H groups in total. The number of rotatable bonds is 7. The van der Waals surface area contributed by atoms with E-state index in [-0.39, 0.29) is 17.8 Å². The summed E-state index contributed by atoms with van der Waals surface area (Å²) in [5, 5.41) is 4.05. The van der Waals surface area contributed by atoms with E-state index in [1.807, 2.05) is 42.5 Å². The molecule has 0 unspecified atom stereocenters. The van der Waals surface area contributed by atoms with E-state index in [9.17, 15) is 9.18 Å². The molecule has 1 aliphatic carbocycles. The summed E-state index contributed by atoms with van der Waals surface area (Å²) in [5.74, 6) is 0.382. The van der Waals surface area contributed by atoms with E-state index in [2.05, 4.69) is 14.9 Å². The summed E-state index contributed by atoms with van der Waals surface area (Å²) in [6.45, 7) is 0.587. The van der Waals surface area contributed by atoms with E-state index >= 15 is 0 Å². The van der Waals surface area contributed by atoms with Crippen LogP contribution >= 0.6 is 11.8 Å². The van der Waals surface area contributed by atoms with Gasteiger partial charge in [-0.2, -0.15) is 0 Å². The molecule has 1 amide bonds. The number of carbonyl (C=O) groups is 1. The van der Waals surface area contributed by atoms with Gasteiger partial charge < -0.3 is 5.32 Å². The van der Waals surface area contributed by atoms with Gasteiger partial charge >= 0.3 is 0 Å². The van der Waals surface area contributed by atoms with Gasteiger partial charge in [0, 0.05) is 23.6 Å². The average molecular weight is 489 g/mol. The fourth-order valence-electron chi connectivity index (χ4n) is 4.60. The third-order valence-electron chi connectivity index (χ3n) is 6.47. The number of hydrogen-bond donors (Lipinski definition) is 1. The van der Waals surface area contributed by atoms with Gasteiger partial charge in [0.2, 0.25) is 0 Å². The molecule has 0 spiro atoms. The number of imidazole rings is 1. The van der Waals surface area contributed by atoms with E-state index < -0.39 is 0 Å². The predicted octanol–water partition coefficient (Wildman–Crippen LogP) is 6.36. The predicted molar refractivity (Wildman–Crippen MR) is 138 cm³/mol. The van der Waals surface area contributed by atoms with Gasteiger partial charge in [0.25, 0.3) is 5.91 Å². The largest absolute Gasteiger partial charge is 0.349 e. The van der Waals surface area contributed by atoms with Crippen LogP contribution in [0.2, 0.25) is 0 Å². The second kappa shape index (κ2) is 11.0. The smallest absolute Gasteiger partial charge is 0.251 e. The molecule has 4 aromatic rings. The zero-order valence-corrected chi connectivity index (χ0v) is 20.4. The highest BCUT2D eigenvalue weighted by molar-refractivity contribution is 7.98. The van der Waals surface area contributed by atoms with Crippen LogP contribution in [0.15, 0.2) is 72.0 Å². The van der Waals surface area contributed by atoms with Crippen molar-refractivity contribution in [2.75, 3.05) is 0 Å². The van der Waals surface area contributed by atoms with E-state index in [0.29, 0.717) is 17.9 Å². The topological polar surface area (TPSA) is 59.8 Å². The molecule has 0 bridgehead atoms. The van der Waals surface area contributed by atoms with Crippen molar-refractivity contribution in [3.05, 3.63) is 89.4 Å². The third-order valence-corrected chi connectivity index (χ3v) is 7.52. The molecule has 0 saturated heterocycles. The van der Waals surface area contributed by atoms with Gasteiger partial charge in [-0.1, -0.05) is 61.7 Å². The second-order valence-electron chi connectivity index (χ2n) is 9.10. The summed E-state index contributed by atoms with van der Waals surface area (Å²) in [4.78, 5) is 22.1. The number of fused-ring (bicyclic) bond motifs is 1. The Hall–Kier alpha value is -3.19. The Kier molecular flexibility index (Phi) is 7.42. The number of nitrogens with one attached hydrogen (secondary N) is 1. The van der Waals surface area contributed by atoms with E-state index in [1.165, 1.54) is 31.7 Å². The summed E-state index contributed by atoms with van der Waals surface area (Å²) in [6.07, 6.45) is 8.82. The molecule has 1 aliphatic rings. The molecular formula is C28H29FN4OS. The number of carbonyl (C=O) groups excluding carboxylic acids is 1. The van der Waals surface area contributed by atoms with Crippen LogP contribution in [0.5, 0.6) is 0 Å². The Morgan fingerprint density at radius 3 is 2.57 bits per heavy atom. The highest BCUT2D eigenvalue weighted by Gasteiger charge is 2.17. The fourth-order valence-corrected chi connectivity index (χ4v) is 5.55. The van der Waals surface area contributed by atoms with E-state index in [1.54, 1.807) is 30.1 Å². The first-order valence-electron chi connectivity index (χ1n) is 12.2. The number of pyridine rings is 1. The maximum absolute atomic E-state index is 13.6. The van der Waals surface area contributed by atoms with Crippen LogP contribution < -0.4 is 5.32 Å². The number of halogens is 1. The van der Waals surface area contributed by atoms with Crippen molar-refractivity contribution >= 4 is 28.8 Å². The Balaban J connectivity index is 1.31. The number of benzene rings is 2. The van der Waals surface area contributed by atoms with Crippen molar-refractivity contribution in [3.8, 4) is 0 Å². The van der Waals surface area contributed by atoms with Gasteiger partial charge in [-0.15, -0.1) is 0 Å². The SMILES string of the molecule is O=C(NC1CCCCCC1)c1ccc(Cn2c(SCc3cccc(F)c3)nc3cccnc32)cc1. The minimum Gasteiger partial charge on any atom is -0.349 e. The molecule has 2 aromatic heterocycles. The molecule has 180 valence electrons. The van der Waals surface area contributed by atoms with Crippen molar-refractivity contribution in [2.24, 2.45) is 0 Å². The zero-order valence-electron chi connectivity index (χ0n) is 19.6. The zero-order chi connectivity index (χ0) is 24.0. The van der Waals surface area contributed by atoms with Gasteiger partial charge in [0.15, 0.2) is 10.8 Å². The summed E-state index contributed by atoms with van der Waals surface area (Å²) >= 11 is 1.56. The van der Waals surface area contributed by atoms with Crippen molar-refractivity contribution in [1.29, 1.82) is 0 Å². The molecule has 5 rings (SSSR count). The second-order valence-corrected chi connectivity index (χ2v) is 10.0. The quantitative estimate of drug-likeness (QED) is 0.243. The fraction of sp³-hybridized carbons (Fsp3) is 0.321. The van der Waals surface area contributed by atoms with Crippen LogP contribution in [-0.2, 0) is 12.3 Å². The lowest BCUT2D eigenvalue weighted by Crippen LogP contribution is -2.34. The number of hydrogen-bond acceptors (Lipinski definition) is 4. The number of aromatic nitrogens is 3. The molecule has 0 atom stereocenters. The average Bonchev–Trinajstić information content (AvgIpc) is 3.02. The van der Waals surface area contributed by atoms with Crippen molar-refractivity contribution in [1.82, 2.24) is 19.9 Å². The first kappa shape index (κ1) is 23.5. The van der Waals surface area contributed by atoms with Crippen molar-refractivity contribution < 1.29 is 9.18 Å². The Morgan fingerprint density at radius 1 is 1.00 bits per heavy atom. The molecule has 35 heavy (non-hydrogen) atoms. The minimum atomic E-state index is -0.235. The normalized spacial score (nSPS) is 14.7. The summed E-state index contributed by atoms with van der Waals surface area (Å²) in [7, 11) is 0. The summed E-state index contributed by atoms with van der Waals surface area (Å²) < 4.78 is 15.7. The maximum atomic E-state index is 13.6. The Bertz CT molecular complexity index is 1300. The molecular weight excluding hydrogens is 459 g/mol. The van der Waals surface area contributed by atoms with Crippen LogP contribution in [0.4, 0.5) is 4.39 Å². The molecule has 7 heteroatoms. The Labute approximate surface area is 209 Å². The van der Waals surface area contributed by atoms with Crippen molar-refractivity contribution in [2.45, 2.75) is 62.0 Å². The highest BCUT2D eigenvalue weighted by atomic mass is 32.2. The van der Waals surface area contributed by atoms with Gasteiger partial charge in [-0.25, -0.2) is 14.4 Å². The first-order chi connectivity index (χ1) is 17.2. The van der Waals surface area contributed by atoms with Crippen molar-refractivity contribution in [3.63, 3.8) is 0 Å². The molecule has 2 aromatic carbocycles. The number of thioether (sulfide) groups is 1.